The van der Waals surface area contributed by atoms with Crippen LogP contribution in [0.25, 0.3) is 0 Å². The van der Waals surface area contributed by atoms with Gasteiger partial charge in [-0.2, -0.15) is 0 Å². The van der Waals surface area contributed by atoms with E-state index in [1.807, 2.05) is 25.2 Å². The number of hydrogen-bond donors (Lipinski definition) is 1. The molecule has 0 aliphatic heterocycles. The fourth-order valence-corrected chi connectivity index (χ4v) is 3.65. The van der Waals surface area contributed by atoms with E-state index in [0.29, 0.717) is 0 Å². The summed E-state index contributed by atoms with van der Waals surface area (Å²) in [6.45, 7) is 10.6. The maximum atomic E-state index is 13.6. The van der Waals surface area contributed by atoms with E-state index in [1.54, 1.807) is 6.92 Å². The van der Waals surface area contributed by atoms with Crippen molar-refractivity contribution in [2.24, 2.45) is 5.41 Å². The number of hydrogen-bond acceptors (Lipinski definition) is 1. The Bertz CT molecular complexity index is 946. The number of allylic oxidation sites excluding steroid dienone is 9. The fourth-order valence-electron chi connectivity index (χ4n) is 3.65. The average molecular weight is 412 g/mol. The summed E-state index contributed by atoms with van der Waals surface area (Å²) < 4.78 is 26.5. The number of carbonyl (C=O) groups excluding carboxylic acids is 1. The Morgan fingerprint density at radius 2 is 1.87 bits per heavy atom. The van der Waals surface area contributed by atoms with Crippen LogP contribution in [0.4, 0.5) is 14.5 Å². The van der Waals surface area contributed by atoms with Crippen LogP contribution in [-0.4, -0.2) is 5.91 Å². The minimum Gasteiger partial charge on any atom is -0.320 e. The van der Waals surface area contributed by atoms with Crippen LogP contribution in [0.15, 0.2) is 76.9 Å². The van der Waals surface area contributed by atoms with Gasteiger partial charge in [0.25, 0.3) is 0 Å². The van der Waals surface area contributed by atoms with Crippen molar-refractivity contribution in [2.75, 3.05) is 5.32 Å². The van der Waals surface area contributed by atoms with Crippen LogP contribution in [0.2, 0.25) is 0 Å². The minimum atomic E-state index is -0.804. The third-order valence-corrected chi connectivity index (χ3v) is 5.32. The van der Waals surface area contributed by atoms with Crippen molar-refractivity contribution in [2.45, 2.75) is 53.9 Å². The molecule has 0 fully saturated rings. The summed E-state index contributed by atoms with van der Waals surface area (Å²) >= 11 is 0. The van der Waals surface area contributed by atoms with Crippen LogP contribution < -0.4 is 5.32 Å². The zero-order valence-electron chi connectivity index (χ0n) is 18.5. The third kappa shape index (κ3) is 6.94. The van der Waals surface area contributed by atoms with Gasteiger partial charge in [-0.3, -0.25) is 4.79 Å². The molecule has 0 aromatic heterocycles. The largest absolute Gasteiger partial charge is 0.320 e. The molecule has 1 aromatic carbocycles. The monoisotopic (exact) mass is 411 g/mol. The lowest BCUT2D eigenvalue weighted by Gasteiger charge is -2.32. The van der Waals surface area contributed by atoms with Gasteiger partial charge in [0.1, 0.15) is 11.6 Å². The number of benzene rings is 1. The normalized spacial score (nSPS) is 17.8. The van der Waals surface area contributed by atoms with Crippen molar-refractivity contribution >= 4 is 11.6 Å². The molecule has 1 N–H and O–H groups in total. The molecule has 0 saturated heterocycles. The number of amides is 1. The van der Waals surface area contributed by atoms with Crippen LogP contribution in [0.1, 0.15) is 53.9 Å². The van der Waals surface area contributed by atoms with E-state index in [2.05, 4.69) is 38.2 Å². The highest BCUT2D eigenvalue weighted by atomic mass is 19.1. The van der Waals surface area contributed by atoms with Gasteiger partial charge in [-0.05, 0) is 68.7 Å². The smallest absolute Gasteiger partial charge is 0.248 e. The standard InChI is InChI=1S/C26H31F2NO/c1-18(11-13-22-20(3)10-7-15-26(22,4)5)8-6-9-19(2)16-25(30)29-24-14-12-21(27)17-23(24)28/h6,8-9,11-14,16-17H,7,10,15H2,1-5H3,(H,29,30)/b9-6+,13-11+,18-8+,19-16+. The van der Waals surface area contributed by atoms with Crippen LogP contribution in [0.5, 0.6) is 0 Å². The van der Waals surface area contributed by atoms with E-state index in [0.717, 1.165) is 23.3 Å². The molecule has 0 saturated carbocycles. The molecular formula is C26H31F2NO. The zero-order valence-corrected chi connectivity index (χ0v) is 18.5. The first kappa shape index (κ1) is 23.5. The van der Waals surface area contributed by atoms with E-state index in [1.165, 1.54) is 42.6 Å². The Balaban J connectivity index is 1.98. The van der Waals surface area contributed by atoms with Gasteiger partial charge in [0, 0.05) is 12.1 Å². The highest BCUT2D eigenvalue weighted by Gasteiger charge is 2.26. The molecule has 1 aliphatic carbocycles. The van der Waals surface area contributed by atoms with Crippen LogP contribution >= 0.6 is 0 Å². The molecular weight excluding hydrogens is 380 g/mol. The first-order valence-electron chi connectivity index (χ1n) is 10.3. The summed E-state index contributed by atoms with van der Waals surface area (Å²) in [5.41, 5.74) is 4.88. The van der Waals surface area contributed by atoms with Crippen molar-refractivity contribution in [3.05, 3.63) is 88.6 Å². The molecule has 0 atom stereocenters. The molecule has 0 spiro atoms. The molecule has 1 aliphatic rings. The van der Waals surface area contributed by atoms with Gasteiger partial charge in [-0.25, -0.2) is 8.78 Å². The molecule has 30 heavy (non-hydrogen) atoms. The predicted molar refractivity (Wildman–Crippen MR) is 121 cm³/mol. The predicted octanol–water partition coefficient (Wildman–Crippen LogP) is 7.43. The summed E-state index contributed by atoms with van der Waals surface area (Å²) in [6, 6.07) is 3.03. The molecule has 1 amide bonds. The third-order valence-electron chi connectivity index (χ3n) is 5.32. The number of rotatable bonds is 6. The first-order valence-corrected chi connectivity index (χ1v) is 10.3. The van der Waals surface area contributed by atoms with Gasteiger partial charge >= 0.3 is 0 Å². The Hall–Kier alpha value is -2.75. The lowest BCUT2D eigenvalue weighted by atomic mass is 9.72. The zero-order chi connectivity index (χ0) is 22.3. The van der Waals surface area contributed by atoms with Gasteiger partial charge in [-0.15, -0.1) is 0 Å². The fraction of sp³-hybridized carbons (Fsp3) is 0.346. The second-order valence-corrected chi connectivity index (χ2v) is 8.54. The number of carbonyl (C=O) groups is 1. The molecule has 2 nitrogen and oxygen atoms in total. The Morgan fingerprint density at radius 1 is 1.13 bits per heavy atom. The number of anilines is 1. The molecule has 2 rings (SSSR count). The topological polar surface area (TPSA) is 29.1 Å². The lowest BCUT2D eigenvalue weighted by Crippen LogP contribution is -2.19. The van der Waals surface area contributed by atoms with Crippen molar-refractivity contribution in [1.82, 2.24) is 0 Å². The summed E-state index contributed by atoms with van der Waals surface area (Å²) in [6.07, 6.45) is 15.0. The molecule has 0 unspecified atom stereocenters. The van der Waals surface area contributed by atoms with E-state index in [9.17, 15) is 13.6 Å². The molecule has 160 valence electrons. The van der Waals surface area contributed by atoms with Crippen LogP contribution in [-0.2, 0) is 4.79 Å². The first-order chi connectivity index (χ1) is 14.1. The van der Waals surface area contributed by atoms with Crippen LogP contribution in [0, 0.1) is 17.0 Å². The van der Waals surface area contributed by atoms with Crippen molar-refractivity contribution in [3.8, 4) is 0 Å². The summed E-state index contributed by atoms with van der Waals surface area (Å²) in [5.74, 6) is -1.96. The number of halogens is 2. The Morgan fingerprint density at radius 3 is 2.53 bits per heavy atom. The second-order valence-electron chi connectivity index (χ2n) is 8.54. The van der Waals surface area contributed by atoms with Gasteiger partial charge in [0.05, 0.1) is 5.69 Å². The van der Waals surface area contributed by atoms with Crippen molar-refractivity contribution in [1.29, 1.82) is 0 Å². The van der Waals surface area contributed by atoms with Crippen LogP contribution in [0.3, 0.4) is 0 Å². The molecule has 1 aromatic rings. The SMILES string of the molecule is CC1=C(/C=C/C(C)=C/C=C/C(C)=C/C(=O)Nc2ccc(F)cc2F)C(C)(C)CCC1. The van der Waals surface area contributed by atoms with E-state index in [4.69, 9.17) is 0 Å². The van der Waals surface area contributed by atoms with E-state index >= 15 is 0 Å². The Kier molecular flexibility index (Phi) is 8.10. The number of nitrogens with one attached hydrogen (secondary N) is 1. The molecule has 0 bridgehead atoms. The maximum Gasteiger partial charge on any atom is 0.248 e. The van der Waals surface area contributed by atoms with Gasteiger partial charge in [0.15, 0.2) is 0 Å². The van der Waals surface area contributed by atoms with Gasteiger partial charge in [0.2, 0.25) is 5.91 Å². The second kappa shape index (κ2) is 10.3. The molecule has 0 radical (unpaired) electrons. The van der Waals surface area contributed by atoms with Gasteiger partial charge < -0.3 is 5.32 Å². The maximum absolute atomic E-state index is 13.6. The van der Waals surface area contributed by atoms with Crippen molar-refractivity contribution < 1.29 is 13.6 Å². The van der Waals surface area contributed by atoms with E-state index in [-0.39, 0.29) is 11.1 Å². The summed E-state index contributed by atoms with van der Waals surface area (Å²) in [5, 5.41) is 2.41. The minimum absolute atomic E-state index is 0.0504. The highest BCUT2D eigenvalue weighted by Crippen LogP contribution is 2.40. The quantitative estimate of drug-likeness (QED) is 0.383. The Labute approximate surface area is 178 Å². The lowest BCUT2D eigenvalue weighted by molar-refractivity contribution is -0.112. The van der Waals surface area contributed by atoms with E-state index < -0.39 is 17.5 Å². The molecule has 4 heteroatoms. The average Bonchev–Trinajstić information content (AvgIpc) is 2.63. The molecule has 0 heterocycles. The summed E-state index contributed by atoms with van der Waals surface area (Å²) in [4.78, 5) is 12.0. The van der Waals surface area contributed by atoms with Gasteiger partial charge in [-0.1, -0.05) is 55.4 Å². The van der Waals surface area contributed by atoms with Crippen molar-refractivity contribution in [3.63, 3.8) is 0 Å². The summed E-state index contributed by atoms with van der Waals surface area (Å²) in [7, 11) is 0. The highest BCUT2D eigenvalue weighted by molar-refractivity contribution is 6.00.